The van der Waals surface area contributed by atoms with Gasteiger partial charge >= 0.3 is 35.8 Å². The van der Waals surface area contributed by atoms with Crippen molar-refractivity contribution in [2.45, 2.75) is 226 Å². The van der Waals surface area contributed by atoms with E-state index in [1.54, 1.807) is 97.1 Å². The first-order valence-corrected chi connectivity index (χ1v) is 42.5. The van der Waals surface area contributed by atoms with Gasteiger partial charge in [0.25, 0.3) is 5.91 Å². The molecule has 3 fully saturated rings. The fourth-order valence-corrected chi connectivity index (χ4v) is 17.0. The minimum Gasteiger partial charge on any atom is -0.481 e. The smallest absolute Gasteiger partial charge is 0.350 e. The second-order valence-corrected chi connectivity index (χ2v) is 34.7. The highest BCUT2D eigenvalue weighted by atomic mass is 16.6. The lowest BCUT2D eigenvalue weighted by atomic mass is 9.44. The number of benzene rings is 5. The van der Waals surface area contributed by atoms with E-state index in [-0.39, 0.29) is 127 Å². The molecule has 8 N–H and O–H groups in total. The van der Waals surface area contributed by atoms with Gasteiger partial charge in [0.2, 0.25) is 29.7 Å². The van der Waals surface area contributed by atoms with Gasteiger partial charge < -0.3 is 70.3 Å². The van der Waals surface area contributed by atoms with E-state index >= 15 is 9.59 Å². The Hall–Kier alpha value is -12.3. The molecule has 3 aliphatic carbocycles. The molecule has 5 amide bonds. The third-order valence-corrected chi connectivity index (χ3v) is 23.7. The van der Waals surface area contributed by atoms with Crippen LogP contribution in [0, 0.1) is 40.4 Å². The minimum atomic E-state index is -2.57. The number of esters is 5. The van der Waals surface area contributed by atoms with Crippen molar-refractivity contribution in [1.82, 2.24) is 26.6 Å². The maximum absolute atomic E-state index is 16.0. The van der Waals surface area contributed by atoms with Gasteiger partial charge in [-0.3, -0.25) is 67.1 Å². The summed E-state index contributed by atoms with van der Waals surface area (Å²) in [7, 11) is 0. The second-order valence-electron chi connectivity index (χ2n) is 34.7. The van der Waals surface area contributed by atoms with Gasteiger partial charge in [-0.05, 0) is 117 Å². The highest BCUT2D eigenvalue weighted by molar-refractivity contribution is 6.00. The predicted molar refractivity (Wildman–Crippen MR) is 463 cm³/mol. The van der Waals surface area contributed by atoms with Crippen LogP contribution in [0.15, 0.2) is 187 Å². The van der Waals surface area contributed by atoms with E-state index in [9.17, 15) is 77.3 Å². The lowest BCUT2D eigenvalue weighted by Crippen LogP contribution is -2.82. The summed E-state index contributed by atoms with van der Waals surface area (Å²) in [5.74, 6) is -15.4. The van der Waals surface area contributed by atoms with E-state index in [2.05, 4.69) is 39.7 Å². The molecule has 5 aromatic carbocycles. The van der Waals surface area contributed by atoms with Crippen molar-refractivity contribution in [1.29, 1.82) is 0 Å². The molecule has 30 nitrogen and oxygen atoms in total. The molecule has 1 aliphatic heterocycles. The summed E-state index contributed by atoms with van der Waals surface area (Å²) in [6.07, 6.45) is -12.9. The van der Waals surface area contributed by atoms with Gasteiger partial charge in [0.05, 0.1) is 67.6 Å². The number of carboxylic acid groups (broad SMARTS) is 1. The number of carbonyl (C=O) groups excluding carboxylic acids is 15. The van der Waals surface area contributed by atoms with Crippen molar-refractivity contribution in [3.05, 3.63) is 215 Å². The van der Waals surface area contributed by atoms with E-state index in [4.69, 9.17) is 33.5 Å². The van der Waals surface area contributed by atoms with Crippen LogP contribution < -0.4 is 26.6 Å². The Kier molecular flexibility index (Phi) is 35.3. The Morgan fingerprint density at radius 1 is 0.575 bits per heavy atom. The number of ketones is 5. The quantitative estimate of drug-likeness (QED) is 0.00782. The van der Waals surface area contributed by atoms with Crippen molar-refractivity contribution < 1.29 is 120 Å². The summed E-state index contributed by atoms with van der Waals surface area (Å²) in [4.78, 5) is 217. The number of nitrogens with one attached hydrogen (secondary N) is 5. The van der Waals surface area contributed by atoms with Crippen molar-refractivity contribution in [2.24, 2.45) is 40.4 Å². The van der Waals surface area contributed by atoms with Crippen LogP contribution in [0.1, 0.15) is 191 Å². The number of amides is 5. The summed E-state index contributed by atoms with van der Waals surface area (Å²) in [5.41, 5.74) is -6.13. The third-order valence-electron chi connectivity index (χ3n) is 23.7. The molecule has 9 rings (SSSR count). The average Bonchev–Trinajstić information content (AvgIpc) is 0.667. The zero-order valence-electron chi connectivity index (χ0n) is 73.9. The van der Waals surface area contributed by atoms with E-state index in [0.29, 0.717) is 6.42 Å². The number of fused-ring (bicyclic) bond motifs is 5. The van der Waals surface area contributed by atoms with Crippen molar-refractivity contribution >= 4 is 94.3 Å². The van der Waals surface area contributed by atoms with E-state index in [1.807, 2.05) is 58.0 Å². The Labute approximate surface area is 738 Å². The molecule has 2 saturated carbocycles. The summed E-state index contributed by atoms with van der Waals surface area (Å²) >= 11 is 0. The van der Waals surface area contributed by atoms with Gasteiger partial charge in [-0.1, -0.05) is 182 Å². The zero-order chi connectivity index (χ0) is 93.6. The van der Waals surface area contributed by atoms with Gasteiger partial charge in [0, 0.05) is 86.3 Å². The fraction of sp³-hybridized carbons (Fsp3) is 0.464. The molecule has 4 aliphatic rings. The average molecular weight is 1750 g/mol. The Balaban J connectivity index is 0.000000508. The van der Waals surface area contributed by atoms with Crippen LogP contribution in [0.5, 0.6) is 0 Å². The number of aliphatic hydroxyl groups is 2. The highest BCUT2D eigenvalue weighted by Crippen LogP contribution is 2.65. The van der Waals surface area contributed by atoms with Crippen molar-refractivity contribution in [3.63, 3.8) is 0 Å². The molecule has 2 bridgehead atoms. The summed E-state index contributed by atoms with van der Waals surface area (Å²) in [5, 5.41) is 48.8. The maximum Gasteiger partial charge on any atom is 0.350 e. The number of Topliss-reactive ketones (excluding diaryl/α,β-unsaturated/α-hetero) is 5. The molecule has 1 saturated heterocycles. The SMILES string of the molecule is C=C(C)C(=O)NCC(=O)CC(Cc1ccccc1)C(=O)NC(CC(C)C)C(=O)CCC(=O)O.C=C(C)C(=O)NCC(=O)CC(Cc1ccccc1)C(=O)NC(CC(C)C)C(=O)CCC(=O)O[C@@H](C(=O)O[C@H]1C[C@@]2(O)[C@@H](OC(=O)c3ccccc3)C3[C@](C)(C(=O)[C@H](OC(C)=O)C(=C1C)C2(C)C)[C@@H](O)C[C@H]1OC[C@@]31OC(C)=O)[C@@H](NC(=O)c1ccccc1)c1ccccc1. The van der Waals surface area contributed by atoms with E-state index < -0.39 is 203 Å². The molecule has 1 heterocycles. The maximum atomic E-state index is 16.0. The second kappa shape index (κ2) is 44.7. The van der Waals surface area contributed by atoms with Crippen LogP contribution in [0.3, 0.4) is 0 Å². The molecular formula is C97H117N5O25. The largest absolute Gasteiger partial charge is 0.481 e. The number of aliphatic hydroxyl groups excluding tert-OH is 1. The minimum absolute atomic E-state index is 0.00227. The number of carbonyl (C=O) groups is 16. The molecule has 680 valence electrons. The number of ether oxygens (including phenoxy) is 6. The monoisotopic (exact) mass is 1750 g/mol. The molecule has 0 spiro atoms. The number of rotatable bonds is 41. The fourth-order valence-electron chi connectivity index (χ4n) is 17.0. The first kappa shape index (κ1) is 100. The van der Waals surface area contributed by atoms with Gasteiger partial charge in [-0.15, -0.1) is 0 Å². The van der Waals surface area contributed by atoms with Crippen LogP contribution in [0.2, 0.25) is 0 Å². The van der Waals surface area contributed by atoms with Crippen LogP contribution >= 0.6 is 0 Å². The summed E-state index contributed by atoms with van der Waals surface area (Å²) < 4.78 is 37.3. The molecule has 127 heavy (non-hydrogen) atoms. The summed E-state index contributed by atoms with van der Waals surface area (Å²) in [6, 6.07) is 38.0. The van der Waals surface area contributed by atoms with E-state index in [0.717, 1.165) is 25.0 Å². The van der Waals surface area contributed by atoms with Crippen molar-refractivity contribution in [3.8, 4) is 0 Å². The number of aliphatic carboxylic acids is 1. The van der Waals surface area contributed by atoms with Crippen LogP contribution in [0.25, 0.3) is 0 Å². The molecule has 30 heteroatoms. The van der Waals surface area contributed by atoms with E-state index in [1.165, 1.54) is 65.8 Å². The molecule has 5 aromatic rings. The zero-order valence-corrected chi connectivity index (χ0v) is 73.9. The van der Waals surface area contributed by atoms with Gasteiger partial charge in [0.1, 0.15) is 30.0 Å². The van der Waals surface area contributed by atoms with Crippen LogP contribution in [-0.2, 0) is 108 Å². The Bertz CT molecular complexity index is 4920. The number of carboxylic acids is 1. The predicted octanol–water partition coefficient (Wildman–Crippen LogP) is 9.14. The van der Waals surface area contributed by atoms with Gasteiger partial charge in [0.15, 0.2) is 40.6 Å². The number of hydrogen-bond donors (Lipinski definition) is 8. The van der Waals surface area contributed by atoms with Gasteiger partial charge in [-0.2, -0.15) is 0 Å². The number of hydrogen-bond acceptors (Lipinski definition) is 24. The van der Waals surface area contributed by atoms with Crippen molar-refractivity contribution in [2.75, 3.05) is 19.7 Å². The molecule has 5 unspecified atom stereocenters. The molecular weight excluding hydrogens is 1640 g/mol. The summed E-state index contributed by atoms with van der Waals surface area (Å²) in [6.45, 7) is 24.6. The van der Waals surface area contributed by atoms with Crippen LogP contribution in [-0.4, -0.2) is 189 Å². The van der Waals surface area contributed by atoms with Gasteiger partial charge in [-0.25, -0.2) is 9.59 Å². The Morgan fingerprint density at radius 2 is 1.03 bits per heavy atom. The normalized spacial score (nSPS) is 22.1. The lowest BCUT2D eigenvalue weighted by molar-refractivity contribution is -0.346. The standard InChI is InChI=1S/C72H83N3O19.C25H34N2O6/c1-40(2)33-51(74-66(85)49(34-45-23-15-11-16-24-45)35-50(78)38-73-64(83)41(3)4)52(79)31-32-56(81)92-60(58(46-25-17-12-18-26-46)75-65(84)47-27-19-13-20-28-47)68(87)91-53-37-72(88)63(93-67(86)48-29-21-14-22-30-48)61-70(10,54(80)36-55-71(61,39-89-55)94-44(7)77)62(82)59(90-43(6)76)57(42(53)5)69(72,8)9;1-16(2)12-21(22(29)10-11-23(30)31)27-25(33)19(13-18-8-6-5-7-9-18)14-20(28)15-26-24(32)17(3)4/h11-30,40,49,51,53-55,58-61,63,80,88H,3,31-39H2,1-2,4-10H3,(H,73,83)(H,74,85)(H,75,84);5-9,16,19,21H,3,10-15H2,1-2,4H3,(H,26,32)(H,27,33)(H,30,31)/t49?,51?,53-,54-,55+,58-,59+,60+,61?,63-,70+,71-,72+;/m0./s1. The third kappa shape index (κ3) is 25.8. The van der Waals surface area contributed by atoms with Crippen LogP contribution in [0.4, 0.5) is 0 Å². The lowest BCUT2D eigenvalue weighted by Gasteiger charge is -2.67. The molecule has 0 aromatic heterocycles. The topological polar surface area (TPSA) is 449 Å². The Morgan fingerprint density at radius 3 is 1.46 bits per heavy atom. The highest BCUT2D eigenvalue weighted by Gasteiger charge is 2.78. The first-order chi connectivity index (χ1) is 59.9. The molecule has 15 atom stereocenters. The molecule has 0 radical (unpaired) electrons. The first-order valence-electron chi connectivity index (χ1n) is 42.5.